The van der Waals surface area contributed by atoms with Crippen LogP contribution in [0.25, 0.3) is 0 Å². The van der Waals surface area contributed by atoms with Crippen LogP contribution in [0.3, 0.4) is 0 Å². The standard InChI is InChI=1S/C5H11.C4H10NO2S.C4H10NO.C2H4NO.C2H6N/c1-4-5(2)3;1-2-4(3-5)8(6)7;1-3-6-4(2)5;3-1-2-4;1-2-3/h5H,2,4H2,1,3H3;4,8H,1-3,5H2;4H,2-3,5H2,1H3;1,3H2;1-3H2. The van der Waals surface area contributed by atoms with Gasteiger partial charge in [0.25, 0.3) is 0 Å². The molecule has 26 heavy (non-hydrogen) atoms. The van der Waals surface area contributed by atoms with E-state index in [-0.39, 0.29) is 19.3 Å². The average Bonchev–Trinajstić information content (AvgIpc) is 2.57. The van der Waals surface area contributed by atoms with Gasteiger partial charge in [-0.05, 0) is 39.7 Å². The Bertz CT molecular complexity index is 290. The summed E-state index contributed by atoms with van der Waals surface area (Å²) in [5.74, 6) is 0.634. The van der Waals surface area contributed by atoms with Crippen LogP contribution in [0.5, 0.6) is 0 Å². The highest BCUT2D eigenvalue weighted by Crippen LogP contribution is 1.93. The van der Waals surface area contributed by atoms with Gasteiger partial charge in [-0.3, -0.25) is 4.79 Å². The summed E-state index contributed by atoms with van der Waals surface area (Å²) in [5.41, 5.74) is 19.5. The Morgan fingerprint density at radius 2 is 1.46 bits per heavy atom. The third-order valence-corrected chi connectivity index (χ3v) is 3.13. The van der Waals surface area contributed by atoms with Gasteiger partial charge in [-0.2, -0.15) is 0 Å². The number of thiol groups is 1. The minimum absolute atomic E-state index is 0.0139. The number of carbonyl (C=O) groups excluding carboxylic acids is 1. The zero-order valence-corrected chi connectivity index (χ0v) is 17.6. The summed E-state index contributed by atoms with van der Waals surface area (Å²) < 4.78 is 24.9. The molecular weight excluding hydrogens is 356 g/mol. The fourth-order valence-electron chi connectivity index (χ4n) is 0.523. The molecule has 3 unspecified atom stereocenters. The molecular formula is C17H41N4O4S. The van der Waals surface area contributed by atoms with Crippen molar-refractivity contribution in [1.29, 1.82) is 0 Å². The van der Waals surface area contributed by atoms with E-state index in [1.54, 1.807) is 0 Å². The summed E-state index contributed by atoms with van der Waals surface area (Å²) >= 11 is 0. The summed E-state index contributed by atoms with van der Waals surface area (Å²) in [4.78, 5) is 8.92. The zero-order chi connectivity index (χ0) is 22.0. The van der Waals surface area contributed by atoms with E-state index in [0.29, 0.717) is 25.5 Å². The largest absolute Gasteiger partial charge is 0.364 e. The molecule has 0 saturated heterocycles. The van der Waals surface area contributed by atoms with Crippen molar-refractivity contribution in [3.05, 3.63) is 27.7 Å². The van der Waals surface area contributed by atoms with Crippen LogP contribution in [0.4, 0.5) is 0 Å². The van der Waals surface area contributed by atoms with Crippen molar-refractivity contribution in [2.24, 2.45) is 28.9 Å². The van der Waals surface area contributed by atoms with Crippen LogP contribution in [0, 0.1) is 33.6 Å². The second kappa shape index (κ2) is 35.5. The number of hydrogen-bond acceptors (Lipinski definition) is 8. The van der Waals surface area contributed by atoms with Gasteiger partial charge < -0.3 is 27.7 Å². The molecule has 0 rings (SSSR count). The molecule has 0 fully saturated rings. The lowest BCUT2D eigenvalue weighted by Gasteiger charge is -2.00. The minimum Gasteiger partial charge on any atom is -0.364 e. The normalized spacial score (nSPS) is 11.3. The van der Waals surface area contributed by atoms with Gasteiger partial charge in [0, 0.05) is 13.2 Å². The topological polar surface area (TPSA) is 165 Å². The van der Waals surface area contributed by atoms with E-state index < -0.39 is 16.0 Å². The smallest absolute Gasteiger partial charge is 0.213 e. The third-order valence-electron chi connectivity index (χ3n) is 2.06. The maximum Gasteiger partial charge on any atom is 0.213 e. The lowest BCUT2D eigenvalue weighted by molar-refractivity contribution is 0.0993. The maximum absolute atomic E-state index is 10.1. The van der Waals surface area contributed by atoms with Crippen molar-refractivity contribution in [2.45, 2.75) is 45.1 Å². The van der Waals surface area contributed by atoms with Gasteiger partial charge in [-0.15, -0.1) is 0 Å². The van der Waals surface area contributed by atoms with Crippen LogP contribution >= 0.6 is 0 Å². The Labute approximate surface area is 163 Å². The molecule has 0 aromatic heterocycles. The third kappa shape index (κ3) is 65.4. The first-order chi connectivity index (χ1) is 12.1. The number of hydrogen-bond donors (Lipinski definition) is 5. The molecule has 0 spiro atoms. The highest BCUT2D eigenvalue weighted by atomic mass is 32.2. The summed E-state index contributed by atoms with van der Waals surface area (Å²) in [6, 6.07) is 0. The van der Waals surface area contributed by atoms with Gasteiger partial charge in [0.1, 0.15) is 16.9 Å². The summed E-state index contributed by atoms with van der Waals surface area (Å²) in [5, 5.41) is -0.426. The highest BCUT2D eigenvalue weighted by molar-refractivity contribution is 7.73. The van der Waals surface area contributed by atoms with Gasteiger partial charge in [0.15, 0.2) is 0 Å². The van der Waals surface area contributed by atoms with Crippen LogP contribution in [0.15, 0.2) is 0 Å². The molecule has 0 aliphatic heterocycles. The summed E-state index contributed by atoms with van der Waals surface area (Å²) in [6.07, 6.45) is 2.67. The van der Waals surface area contributed by atoms with E-state index in [9.17, 15) is 8.42 Å². The fourth-order valence-corrected chi connectivity index (χ4v) is 0.906. The van der Waals surface area contributed by atoms with Crippen molar-refractivity contribution in [1.82, 2.24) is 0 Å². The van der Waals surface area contributed by atoms with Gasteiger partial charge in [0.2, 0.25) is 6.29 Å². The Hall–Kier alpha value is -0.580. The number of rotatable bonds is 7. The summed E-state index contributed by atoms with van der Waals surface area (Å²) in [6.45, 7) is 21.3. The van der Waals surface area contributed by atoms with Crippen molar-refractivity contribution < 1.29 is 17.9 Å². The minimum atomic E-state index is -2.35. The molecule has 0 amide bonds. The van der Waals surface area contributed by atoms with Gasteiger partial charge >= 0.3 is 0 Å². The first-order valence-electron chi connectivity index (χ1n) is 8.30. The first-order valence-corrected chi connectivity index (χ1v) is 9.54. The predicted octanol–water partition coefficient (Wildman–Crippen LogP) is -0.00834. The Morgan fingerprint density at radius 1 is 1.12 bits per heavy atom. The van der Waals surface area contributed by atoms with Crippen LogP contribution in [-0.2, 0) is 20.2 Å². The highest BCUT2D eigenvalue weighted by Gasteiger charge is 2.03. The number of nitrogens with two attached hydrogens (primary N) is 4. The first kappa shape index (κ1) is 36.4. The van der Waals surface area contributed by atoms with Crippen LogP contribution in [0.2, 0.25) is 0 Å². The molecule has 0 aliphatic carbocycles. The Kier molecular flexibility index (Phi) is 49.7. The molecule has 8 N–H and O–H groups in total. The maximum atomic E-state index is 10.1. The molecule has 5 radical (unpaired) electrons. The molecule has 0 aromatic rings. The predicted molar refractivity (Wildman–Crippen MR) is 112 cm³/mol. The summed E-state index contributed by atoms with van der Waals surface area (Å²) in [7, 11) is -2.35. The number of ether oxygens (including phenoxy) is 1. The van der Waals surface area contributed by atoms with Crippen molar-refractivity contribution in [3.8, 4) is 0 Å². The Morgan fingerprint density at radius 3 is 1.46 bits per heavy atom. The van der Waals surface area contributed by atoms with Crippen molar-refractivity contribution in [2.75, 3.05) is 26.2 Å². The average molecular weight is 398 g/mol. The van der Waals surface area contributed by atoms with E-state index in [1.165, 1.54) is 12.7 Å². The second-order valence-electron chi connectivity index (χ2n) is 4.61. The van der Waals surface area contributed by atoms with Gasteiger partial charge in [0.05, 0.1) is 11.8 Å². The quantitative estimate of drug-likeness (QED) is 0.295. The molecule has 0 heterocycles. The van der Waals surface area contributed by atoms with Crippen LogP contribution < -0.4 is 22.9 Å². The van der Waals surface area contributed by atoms with E-state index >= 15 is 0 Å². The van der Waals surface area contributed by atoms with Crippen molar-refractivity contribution in [3.63, 3.8) is 0 Å². The molecule has 0 bridgehead atoms. The monoisotopic (exact) mass is 397 g/mol. The zero-order valence-electron chi connectivity index (χ0n) is 16.7. The Balaban J connectivity index is -0.0000000737. The second-order valence-corrected chi connectivity index (χ2v) is 5.91. The molecule has 159 valence electrons. The lowest BCUT2D eigenvalue weighted by Crippen LogP contribution is -2.20. The van der Waals surface area contributed by atoms with Gasteiger partial charge in [-0.1, -0.05) is 34.1 Å². The van der Waals surface area contributed by atoms with E-state index in [2.05, 4.69) is 47.3 Å². The molecule has 0 saturated carbocycles. The SMILES string of the molecule is NC[C]=O.[CH2]C(C)CC.[CH2]C(N)OCC.[CH2]CC(CN)[SH](=O)=O.[CH2]CN. The van der Waals surface area contributed by atoms with E-state index in [4.69, 9.17) is 26.7 Å². The van der Waals surface area contributed by atoms with Crippen LogP contribution in [0.1, 0.15) is 33.6 Å². The molecule has 8 nitrogen and oxygen atoms in total. The molecule has 0 aliphatic rings. The van der Waals surface area contributed by atoms with Crippen LogP contribution in [-0.4, -0.2) is 52.4 Å². The molecule has 9 heteroatoms. The molecule has 3 atom stereocenters. The molecule has 0 aromatic carbocycles. The van der Waals surface area contributed by atoms with Crippen molar-refractivity contribution >= 4 is 17.0 Å². The lowest BCUT2D eigenvalue weighted by atomic mass is 10.2. The fraction of sp³-hybridized carbons (Fsp3) is 0.706. The van der Waals surface area contributed by atoms with E-state index in [0.717, 1.165) is 0 Å². The van der Waals surface area contributed by atoms with E-state index in [1.807, 2.05) is 6.92 Å². The van der Waals surface area contributed by atoms with Gasteiger partial charge in [-0.25, -0.2) is 8.42 Å².